The monoisotopic (exact) mass is 434 g/mol. The maximum absolute atomic E-state index is 12.7. The number of fused-ring (bicyclic) bond motifs is 1. The van der Waals surface area contributed by atoms with E-state index >= 15 is 0 Å². The highest BCUT2D eigenvalue weighted by Gasteiger charge is 2.33. The number of nitrogens with zero attached hydrogens (tertiary/aromatic N) is 6. The maximum atomic E-state index is 12.7. The summed E-state index contributed by atoms with van der Waals surface area (Å²) >= 11 is 0. The third-order valence-electron chi connectivity index (χ3n) is 6.61. The predicted molar refractivity (Wildman–Crippen MR) is 125 cm³/mol. The average Bonchev–Trinajstić information content (AvgIpc) is 3.21. The molecule has 0 aliphatic carbocycles. The van der Waals surface area contributed by atoms with Gasteiger partial charge < -0.3 is 14.2 Å². The Morgan fingerprint density at radius 1 is 1.22 bits per heavy atom. The van der Waals surface area contributed by atoms with Crippen molar-refractivity contribution in [3.8, 4) is 11.8 Å². The van der Waals surface area contributed by atoms with E-state index in [2.05, 4.69) is 53.9 Å². The van der Waals surface area contributed by atoms with Gasteiger partial charge in [0.1, 0.15) is 17.8 Å². The van der Waals surface area contributed by atoms with Crippen LogP contribution >= 0.6 is 0 Å². The Balaban J connectivity index is 1.63. The van der Waals surface area contributed by atoms with Crippen LogP contribution in [0.2, 0.25) is 0 Å². The zero-order chi connectivity index (χ0) is 23.0. The van der Waals surface area contributed by atoms with Crippen LogP contribution in [0.5, 0.6) is 5.75 Å². The molecule has 3 aromatic rings. The summed E-state index contributed by atoms with van der Waals surface area (Å²) in [4.78, 5) is 17.5. The molecular weight excluding hydrogens is 404 g/mol. The van der Waals surface area contributed by atoms with Gasteiger partial charge in [-0.1, -0.05) is 12.1 Å². The number of nitriles is 1. The molecule has 0 bridgehead atoms. The lowest BCUT2D eigenvalue weighted by Crippen LogP contribution is -2.57. The van der Waals surface area contributed by atoms with Gasteiger partial charge in [-0.05, 0) is 38.5 Å². The minimum atomic E-state index is -0.0714. The third kappa shape index (κ3) is 3.84. The second-order valence-electron chi connectivity index (χ2n) is 8.64. The van der Waals surface area contributed by atoms with Gasteiger partial charge in [-0.25, -0.2) is 0 Å². The fraction of sp³-hybridized carbons (Fsp3) is 0.458. The highest BCUT2D eigenvalue weighted by Crippen LogP contribution is 2.32. The van der Waals surface area contributed by atoms with Gasteiger partial charge in [0.15, 0.2) is 0 Å². The molecule has 3 atom stereocenters. The highest BCUT2D eigenvalue weighted by molar-refractivity contribution is 5.88. The number of rotatable bonds is 5. The molecule has 0 radical (unpaired) electrons. The second-order valence-corrected chi connectivity index (χ2v) is 8.64. The Morgan fingerprint density at radius 3 is 2.59 bits per heavy atom. The normalized spacial score (nSPS) is 20.3. The number of hydrogen-bond donors (Lipinski definition) is 0. The van der Waals surface area contributed by atoms with Crippen molar-refractivity contribution in [1.29, 1.82) is 5.26 Å². The van der Waals surface area contributed by atoms with E-state index in [1.54, 1.807) is 35.7 Å². The summed E-state index contributed by atoms with van der Waals surface area (Å²) in [5.41, 5.74) is 3.54. The summed E-state index contributed by atoms with van der Waals surface area (Å²) in [5.74, 6) is 0.859. The van der Waals surface area contributed by atoms with Crippen LogP contribution in [0.15, 0.2) is 41.3 Å². The van der Waals surface area contributed by atoms with Gasteiger partial charge in [0.25, 0.3) is 5.56 Å². The smallest absolute Gasteiger partial charge is 0.252 e. The minimum absolute atomic E-state index is 0.0714. The lowest BCUT2D eigenvalue weighted by Gasteiger charge is -2.47. The van der Waals surface area contributed by atoms with Crippen molar-refractivity contribution in [2.24, 2.45) is 7.05 Å². The van der Waals surface area contributed by atoms with Gasteiger partial charge in [-0.3, -0.25) is 14.4 Å². The Kier molecular flexibility index (Phi) is 5.94. The summed E-state index contributed by atoms with van der Waals surface area (Å²) in [6.07, 6.45) is 1.78. The van der Waals surface area contributed by atoms with E-state index in [0.29, 0.717) is 0 Å². The summed E-state index contributed by atoms with van der Waals surface area (Å²) in [6.45, 7) is 8.46. The van der Waals surface area contributed by atoms with Crippen LogP contribution < -0.4 is 15.2 Å². The molecular formula is C24H30N6O2. The summed E-state index contributed by atoms with van der Waals surface area (Å²) in [6, 6.07) is 12.8. The first-order valence-electron chi connectivity index (χ1n) is 10.9. The second kappa shape index (κ2) is 8.67. The molecule has 1 aromatic carbocycles. The number of piperazine rings is 1. The van der Waals surface area contributed by atoms with E-state index in [9.17, 15) is 4.79 Å². The Morgan fingerprint density at radius 2 is 1.94 bits per heavy atom. The molecule has 8 nitrogen and oxygen atoms in total. The molecule has 3 heterocycles. The predicted octanol–water partition coefficient (Wildman–Crippen LogP) is 2.93. The summed E-state index contributed by atoms with van der Waals surface area (Å²) in [7, 11) is 3.42. The standard InChI is InChI=1S/C24H30N6O2/c1-16-14-30(17(2)13-29(16)18(3)19-6-8-20(32-5)9-7-19)21-12-23(31)27(4)22-15-28(11-10-25)26-24(21)22/h6-9,12,15-18H,11,13-14H2,1-5H3/t16-,17+,18?/m1/s1. The van der Waals surface area contributed by atoms with Crippen LogP contribution in [-0.4, -0.2) is 51.5 Å². The first-order chi connectivity index (χ1) is 15.3. The quantitative estimate of drug-likeness (QED) is 0.614. The molecule has 0 N–H and O–H groups in total. The van der Waals surface area contributed by atoms with Crippen LogP contribution in [-0.2, 0) is 13.6 Å². The van der Waals surface area contributed by atoms with Gasteiger partial charge >= 0.3 is 0 Å². The van der Waals surface area contributed by atoms with E-state index in [0.717, 1.165) is 35.6 Å². The van der Waals surface area contributed by atoms with Gasteiger partial charge in [-0.2, -0.15) is 10.4 Å². The van der Waals surface area contributed by atoms with Crippen molar-refractivity contribution in [3.05, 3.63) is 52.4 Å². The van der Waals surface area contributed by atoms with Gasteiger partial charge in [-0.15, -0.1) is 0 Å². The topological polar surface area (TPSA) is 79.3 Å². The molecule has 8 heteroatoms. The van der Waals surface area contributed by atoms with E-state index in [-0.39, 0.29) is 30.2 Å². The van der Waals surface area contributed by atoms with Crippen molar-refractivity contribution in [2.75, 3.05) is 25.1 Å². The number of aryl methyl sites for hydroxylation is 1. The highest BCUT2D eigenvalue weighted by atomic mass is 16.5. The van der Waals surface area contributed by atoms with Gasteiger partial charge in [0.2, 0.25) is 0 Å². The molecule has 0 saturated carbocycles. The Hall–Kier alpha value is -3.31. The first-order valence-corrected chi connectivity index (χ1v) is 10.9. The van der Waals surface area contributed by atoms with Crippen molar-refractivity contribution in [3.63, 3.8) is 0 Å². The molecule has 1 aliphatic rings. The molecule has 32 heavy (non-hydrogen) atoms. The molecule has 1 fully saturated rings. The number of benzene rings is 1. The SMILES string of the molecule is COc1ccc(C(C)N2C[C@H](C)N(c3cc(=O)n(C)c4cn(CC#N)nc34)C[C@H]2C)cc1. The molecule has 0 amide bonds. The molecule has 2 aromatic heterocycles. The van der Waals surface area contributed by atoms with Crippen LogP contribution in [0.1, 0.15) is 32.4 Å². The lowest BCUT2D eigenvalue weighted by molar-refractivity contribution is 0.119. The average molecular weight is 435 g/mol. The third-order valence-corrected chi connectivity index (χ3v) is 6.61. The van der Waals surface area contributed by atoms with Crippen LogP contribution in [0.25, 0.3) is 11.0 Å². The number of ether oxygens (including phenoxy) is 1. The Bertz CT molecular complexity index is 1210. The first kappa shape index (κ1) is 21.9. The maximum Gasteiger partial charge on any atom is 0.252 e. The largest absolute Gasteiger partial charge is 0.497 e. The molecule has 168 valence electrons. The number of anilines is 1. The molecule has 0 spiro atoms. The zero-order valence-electron chi connectivity index (χ0n) is 19.3. The fourth-order valence-electron chi connectivity index (χ4n) is 4.71. The summed E-state index contributed by atoms with van der Waals surface area (Å²) < 4.78 is 8.49. The number of hydrogen-bond acceptors (Lipinski definition) is 6. The number of pyridine rings is 1. The van der Waals surface area contributed by atoms with Crippen LogP contribution in [0.3, 0.4) is 0 Å². The van der Waals surface area contributed by atoms with Crippen molar-refractivity contribution in [1.82, 2.24) is 19.2 Å². The van der Waals surface area contributed by atoms with E-state index in [4.69, 9.17) is 10.00 Å². The van der Waals surface area contributed by atoms with Gasteiger partial charge in [0.05, 0.1) is 30.6 Å². The number of aromatic nitrogens is 3. The number of methoxy groups -OCH3 is 1. The van der Waals surface area contributed by atoms with E-state index in [1.807, 2.05) is 12.1 Å². The fourth-order valence-corrected chi connectivity index (χ4v) is 4.71. The van der Waals surface area contributed by atoms with E-state index < -0.39 is 0 Å². The van der Waals surface area contributed by atoms with E-state index in [1.165, 1.54) is 5.56 Å². The van der Waals surface area contributed by atoms with Crippen LogP contribution in [0.4, 0.5) is 5.69 Å². The zero-order valence-corrected chi connectivity index (χ0v) is 19.3. The molecule has 1 aliphatic heterocycles. The van der Waals surface area contributed by atoms with Gasteiger partial charge in [0, 0.05) is 44.3 Å². The Labute approximate surface area is 188 Å². The van der Waals surface area contributed by atoms with Crippen LogP contribution in [0, 0.1) is 11.3 Å². The molecule has 1 saturated heterocycles. The molecule has 1 unspecified atom stereocenters. The van der Waals surface area contributed by atoms with Crippen molar-refractivity contribution in [2.45, 2.75) is 45.4 Å². The lowest BCUT2D eigenvalue weighted by atomic mass is 10.00. The van der Waals surface area contributed by atoms with Crippen molar-refractivity contribution < 1.29 is 4.74 Å². The minimum Gasteiger partial charge on any atom is -0.497 e. The molecule has 4 rings (SSSR count). The summed E-state index contributed by atoms with van der Waals surface area (Å²) in [5, 5.41) is 13.7. The van der Waals surface area contributed by atoms with Crippen molar-refractivity contribution >= 4 is 16.7 Å².